The topological polar surface area (TPSA) is 18.5 Å². The highest BCUT2D eigenvalue weighted by atomic mass is 35.5. The number of ether oxygens (including phenoxy) is 2. The molecule has 0 radical (unpaired) electrons. The highest BCUT2D eigenvalue weighted by molar-refractivity contribution is 6.29. The summed E-state index contributed by atoms with van der Waals surface area (Å²) in [5.41, 5.74) is 1.14. The van der Waals surface area contributed by atoms with Crippen LogP contribution in [0.2, 0.25) is 0 Å². The van der Waals surface area contributed by atoms with E-state index < -0.39 is 0 Å². The molecule has 3 heteroatoms. The van der Waals surface area contributed by atoms with E-state index in [9.17, 15) is 0 Å². The van der Waals surface area contributed by atoms with Gasteiger partial charge in [0, 0.05) is 5.03 Å². The van der Waals surface area contributed by atoms with E-state index in [-0.39, 0.29) is 6.10 Å². The van der Waals surface area contributed by atoms with Crippen molar-refractivity contribution in [2.75, 3.05) is 7.11 Å². The molecule has 0 aliphatic rings. The molecule has 1 atom stereocenters. The van der Waals surface area contributed by atoms with E-state index >= 15 is 0 Å². The quantitative estimate of drug-likeness (QED) is 0.623. The third-order valence-corrected chi connectivity index (χ3v) is 3.10. The zero-order valence-electron chi connectivity index (χ0n) is 12.4. The van der Waals surface area contributed by atoms with Crippen LogP contribution in [0, 0.1) is 0 Å². The molecule has 1 aromatic rings. The van der Waals surface area contributed by atoms with E-state index in [0.717, 1.165) is 29.2 Å². The molecule has 0 saturated heterocycles. The summed E-state index contributed by atoms with van der Waals surface area (Å²) in [5.74, 6) is 0.861. The van der Waals surface area contributed by atoms with Gasteiger partial charge in [-0.15, -0.1) is 0 Å². The third-order valence-electron chi connectivity index (χ3n) is 2.94. The molecular weight excluding hydrogens is 272 g/mol. The fourth-order valence-electron chi connectivity index (χ4n) is 1.75. The maximum Gasteiger partial charge on any atom is 0.118 e. The molecule has 0 N–H and O–H groups in total. The Morgan fingerprint density at radius 3 is 2.50 bits per heavy atom. The first kappa shape index (κ1) is 16.8. The van der Waals surface area contributed by atoms with Gasteiger partial charge in [0.15, 0.2) is 0 Å². The number of rotatable bonds is 8. The average molecular weight is 295 g/mol. The van der Waals surface area contributed by atoms with E-state index in [4.69, 9.17) is 21.1 Å². The molecule has 0 aromatic heterocycles. The minimum absolute atomic E-state index is 0.155. The Labute approximate surface area is 127 Å². The molecular formula is C17H23ClO2. The first-order chi connectivity index (χ1) is 9.65. The van der Waals surface area contributed by atoms with E-state index in [1.54, 1.807) is 7.11 Å². The van der Waals surface area contributed by atoms with Gasteiger partial charge in [0.05, 0.1) is 19.8 Å². The van der Waals surface area contributed by atoms with Gasteiger partial charge < -0.3 is 9.47 Å². The van der Waals surface area contributed by atoms with Gasteiger partial charge in [-0.1, -0.05) is 42.0 Å². The fraction of sp³-hybridized carbons (Fsp3) is 0.412. The van der Waals surface area contributed by atoms with Crippen molar-refractivity contribution < 1.29 is 9.47 Å². The van der Waals surface area contributed by atoms with Crippen LogP contribution in [0.4, 0.5) is 0 Å². The van der Waals surface area contributed by atoms with Gasteiger partial charge in [0.1, 0.15) is 5.75 Å². The van der Waals surface area contributed by atoms with Crippen LogP contribution in [0.25, 0.3) is 0 Å². The van der Waals surface area contributed by atoms with Crippen LogP contribution in [-0.4, -0.2) is 13.2 Å². The first-order valence-corrected chi connectivity index (χ1v) is 7.21. The second-order valence-electron chi connectivity index (χ2n) is 4.61. The zero-order valence-corrected chi connectivity index (χ0v) is 13.2. The number of methoxy groups -OCH3 is 1. The molecule has 0 bridgehead atoms. The average Bonchev–Trinajstić information content (AvgIpc) is 2.46. The third kappa shape index (κ3) is 6.78. The molecule has 20 heavy (non-hydrogen) atoms. The van der Waals surface area contributed by atoms with Crippen LogP contribution >= 0.6 is 11.6 Å². The second kappa shape index (κ2) is 9.62. The Kier molecular flexibility index (Phi) is 8.08. The monoisotopic (exact) mass is 294 g/mol. The summed E-state index contributed by atoms with van der Waals surface area (Å²) in [6.07, 6.45) is 8.05. The Balaban J connectivity index is 2.52. The zero-order chi connectivity index (χ0) is 14.8. The largest absolute Gasteiger partial charge is 0.497 e. The molecule has 0 aliphatic carbocycles. The lowest BCUT2D eigenvalue weighted by atomic mass is 10.1. The molecule has 0 spiro atoms. The highest BCUT2D eigenvalue weighted by Gasteiger charge is 2.06. The molecule has 0 heterocycles. The predicted octanol–water partition coefficient (Wildman–Crippen LogP) is 5.08. The minimum atomic E-state index is 0.155. The summed E-state index contributed by atoms with van der Waals surface area (Å²) in [7, 11) is 1.67. The molecule has 1 aromatic carbocycles. The highest BCUT2D eigenvalue weighted by Crippen LogP contribution is 2.15. The molecule has 0 unspecified atom stereocenters. The lowest BCUT2D eigenvalue weighted by Crippen LogP contribution is -2.11. The van der Waals surface area contributed by atoms with Crippen LogP contribution in [0.1, 0.15) is 32.3 Å². The van der Waals surface area contributed by atoms with E-state index in [0.29, 0.717) is 6.61 Å². The second-order valence-corrected chi connectivity index (χ2v) is 5.21. The number of benzene rings is 1. The van der Waals surface area contributed by atoms with Crippen LogP contribution in [0.5, 0.6) is 5.75 Å². The lowest BCUT2D eigenvalue weighted by molar-refractivity contribution is 0.0446. The summed E-state index contributed by atoms with van der Waals surface area (Å²) in [6.45, 7) is 4.50. The van der Waals surface area contributed by atoms with Crippen molar-refractivity contribution in [3.05, 3.63) is 53.1 Å². The Hall–Kier alpha value is -1.25. The molecule has 0 amide bonds. The van der Waals surface area contributed by atoms with Gasteiger partial charge in [-0.3, -0.25) is 0 Å². The van der Waals surface area contributed by atoms with Gasteiger partial charge in [0.25, 0.3) is 0 Å². The van der Waals surface area contributed by atoms with Crippen LogP contribution in [0.15, 0.2) is 47.5 Å². The number of halogens is 1. The van der Waals surface area contributed by atoms with Crippen molar-refractivity contribution in [2.45, 2.75) is 39.4 Å². The van der Waals surface area contributed by atoms with Crippen molar-refractivity contribution in [2.24, 2.45) is 0 Å². The first-order valence-electron chi connectivity index (χ1n) is 6.83. The Morgan fingerprint density at radius 1 is 1.25 bits per heavy atom. The van der Waals surface area contributed by atoms with Gasteiger partial charge in [-0.05, 0) is 44.4 Å². The van der Waals surface area contributed by atoms with Crippen LogP contribution in [-0.2, 0) is 11.3 Å². The Bertz CT molecular complexity index is 431. The maximum atomic E-state index is 5.96. The maximum absolute atomic E-state index is 5.96. The normalized spacial score (nSPS) is 13.7. The van der Waals surface area contributed by atoms with Gasteiger partial charge in [-0.2, -0.15) is 0 Å². The summed E-state index contributed by atoms with van der Waals surface area (Å²) in [5, 5.41) is 0.809. The molecule has 0 aliphatic heterocycles. The van der Waals surface area contributed by atoms with Crippen LogP contribution < -0.4 is 4.74 Å². The SMILES string of the molecule is CC=CC[C@H](CC=C(C)Cl)OCc1ccc(OC)cc1. The van der Waals surface area contributed by atoms with Crippen molar-refractivity contribution >= 4 is 11.6 Å². The molecule has 2 nitrogen and oxygen atoms in total. The lowest BCUT2D eigenvalue weighted by Gasteiger charge is -2.15. The number of allylic oxidation sites excluding steroid dienone is 2. The summed E-state index contributed by atoms with van der Waals surface area (Å²) in [6, 6.07) is 7.94. The van der Waals surface area contributed by atoms with Crippen molar-refractivity contribution in [1.82, 2.24) is 0 Å². The molecule has 0 fully saturated rings. The number of hydrogen-bond donors (Lipinski definition) is 0. The Morgan fingerprint density at radius 2 is 1.95 bits per heavy atom. The minimum Gasteiger partial charge on any atom is -0.497 e. The standard InChI is InChI=1S/C17H23ClO2/c1-4-5-6-17(10-7-14(2)18)20-13-15-8-11-16(19-3)12-9-15/h4-5,7-9,11-12,17H,6,10,13H2,1-3H3/t17-/m1/s1. The van der Waals surface area contributed by atoms with Crippen molar-refractivity contribution in [3.8, 4) is 5.75 Å². The van der Waals surface area contributed by atoms with E-state index in [1.807, 2.05) is 50.3 Å². The molecule has 110 valence electrons. The summed E-state index contributed by atoms with van der Waals surface area (Å²) in [4.78, 5) is 0. The molecule has 0 saturated carbocycles. The van der Waals surface area contributed by atoms with Gasteiger partial charge >= 0.3 is 0 Å². The smallest absolute Gasteiger partial charge is 0.118 e. The summed E-state index contributed by atoms with van der Waals surface area (Å²) >= 11 is 5.88. The van der Waals surface area contributed by atoms with Crippen LogP contribution in [0.3, 0.4) is 0 Å². The van der Waals surface area contributed by atoms with Gasteiger partial charge in [0.2, 0.25) is 0 Å². The van der Waals surface area contributed by atoms with E-state index in [2.05, 4.69) is 6.08 Å². The van der Waals surface area contributed by atoms with Crippen molar-refractivity contribution in [3.63, 3.8) is 0 Å². The van der Waals surface area contributed by atoms with Gasteiger partial charge in [-0.25, -0.2) is 0 Å². The predicted molar refractivity (Wildman–Crippen MR) is 85.2 cm³/mol. The number of hydrogen-bond acceptors (Lipinski definition) is 2. The fourth-order valence-corrected chi connectivity index (χ4v) is 1.84. The summed E-state index contributed by atoms with van der Waals surface area (Å²) < 4.78 is 11.1. The van der Waals surface area contributed by atoms with Crippen molar-refractivity contribution in [1.29, 1.82) is 0 Å². The molecule has 1 rings (SSSR count). The van der Waals surface area contributed by atoms with E-state index in [1.165, 1.54) is 0 Å².